The quantitative estimate of drug-likeness (QED) is 0.876. The number of carboxylic acids is 1. The molecule has 1 fully saturated rings. The third-order valence-corrected chi connectivity index (χ3v) is 3.81. The predicted molar refractivity (Wildman–Crippen MR) is 83.5 cm³/mol. The number of aliphatic carboxylic acids is 1. The predicted octanol–water partition coefficient (Wildman–Crippen LogP) is 1.50. The Bertz CT molecular complexity index is 786. The van der Waals surface area contributed by atoms with Crippen LogP contribution in [0, 0.1) is 5.92 Å². The number of nitrogens with zero attached hydrogens (tertiary/aromatic N) is 1. The molecule has 7 heteroatoms. The second-order valence-electron chi connectivity index (χ2n) is 5.17. The molecule has 2 heterocycles. The third-order valence-electron chi connectivity index (χ3n) is 3.81. The van der Waals surface area contributed by atoms with Gasteiger partial charge in [-0.05, 0) is 23.9 Å². The van der Waals surface area contributed by atoms with Crippen LogP contribution in [0.3, 0.4) is 0 Å². The zero-order chi connectivity index (χ0) is 15.0. The first-order valence-corrected chi connectivity index (χ1v) is 6.70. The Labute approximate surface area is 132 Å². The molecule has 1 aliphatic rings. The van der Waals surface area contributed by atoms with E-state index in [1.165, 1.54) is 4.90 Å². The molecule has 1 aliphatic heterocycles. The van der Waals surface area contributed by atoms with Crippen LogP contribution in [0.2, 0.25) is 0 Å². The van der Waals surface area contributed by atoms with Crippen molar-refractivity contribution in [2.45, 2.75) is 6.42 Å². The summed E-state index contributed by atoms with van der Waals surface area (Å²) in [5, 5.41) is 10.2. The molecule has 1 unspecified atom stereocenters. The van der Waals surface area contributed by atoms with Gasteiger partial charge in [-0.15, -0.1) is 12.4 Å². The molecular formula is C15H15ClN2O4. The Morgan fingerprint density at radius 2 is 2.00 bits per heavy atom. The van der Waals surface area contributed by atoms with Crippen LogP contribution in [0.25, 0.3) is 10.8 Å². The second-order valence-corrected chi connectivity index (χ2v) is 5.17. The van der Waals surface area contributed by atoms with Crippen molar-refractivity contribution in [3.05, 3.63) is 46.4 Å². The number of hydrogen-bond donors (Lipinski definition) is 2. The molecule has 1 saturated heterocycles. The van der Waals surface area contributed by atoms with Crippen LogP contribution >= 0.6 is 12.4 Å². The number of amides is 1. The maximum absolute atomic E-state index is 12.4. The molecule has 1 atom stereocenters. The van der Waals surface area contributed by atoms with Gasteiger partial charge in [0.15, 0.2) is 0 Å². The Morgan fingerprint density at radius 1 is 1.27 bits per heavy atom. The van der Waals surface area contributed by atoms with E-state index in [1.54, 1.807) is 30.3 Å². The molecule has 0 saturated carbocycles. The number of benzene rings is 1. The minimum Gasteiger partial charge on any atom is -0.481 e. The molecule has 1 aromatic heterocycles. The van der Waals surface area contributed by atoms with Crippen molar-refractivity contribution in [2.75, 3.05) is 13.1 Å². The molecule has 22 heavy (non-hydrogen) atoms. The molecule has 2 aromatic rings. The summed E-state index contributed by atoms with van der Waals surface area (Å²) >= 11 is 0. The lowest BCUT2D eigenvalue weighted by Gasteiger charge is -2.15. The summed E-state index contributed by atoms with van der Waals surface area (Å²) in [6.45, 7) is 0.577. The van der Waals surface area contributed by atoms with Gasteiger partial charge in [-0.25, -0.2) is 0 Å². The highest BCUT2D eigenvalue weighted by Gasteiger charge is 2.31. The number of fused-ring (bicyclic) bond motifs is 1. The van der Waals surface area contributed by atoms with E-state index in [9.17, 15) is 14.4 Å². The number of H-pyrrole nitrogens is 1. The van der Waals surface area contributed by atoms with Crippen LogP contribution in [0.5, 0.6) is 0 Å². The molecule has 1 aromatic carbocycles. The van der Waals surface area contributed by atoms with Crippen molar-refractivity contribution in [2.24, 2.45) is 5.92 Å². The van der Waals surface area contributed by atoms with Crippen molar-refractivity contribution >= 4 is 35.1 Å². The Morgan fingerprint density at radius 3 is 2.68 bits per heavy atom. The van der Waals surface area contributed by atoms with Crippen molar-refractivity contribution in [3.8, 4) is 0 Å². The topological polar surface area (TPSA) is 90.5 Å². The molecule has 116 valence electrons. The van der Waals surface area contributed by atoms with Gasteiger partial charge in [-0.1, -0.05) is 18.2 Å². The van der Waals surface area contributed by atoms with E-state index >= 15 is 0 Å². The minimum atomic E-state index is -0.891. The number of nitrogens with one attached hydrogen (secondary N) is 1. The van der Waals surface area contributed by atoms with E-state index in [1.807, 2.05) is 0 Å². The Balaban J connectivity index is 0.00000176. The monoisotopic (exact) mass is 322 g/mol. The standard InChI is InChI=1S/C15H14N2O4.ClH/c18-13-11-4-2-1-3-9(11)7-12(16-13)14(19)17-6-5-10(8-17)15(20)21;/h1-4,7,10H,5-6,8H2,(H,16,18)(H,20,21);1H. The first-order chi connectivity index (χ1) is 10.1. The van der Waals surface area contributed by atoms with Gasteiger partial charge in [0.25, 0.3) is 11.5 Å². The molecule has 0 spiro atoms. The van der Waals surface area contributed by atoms with Gasteiger partial charge in [0.1, 0.15) is 5.69 Å². The summed E-state index contributed by atoms with van der Waals surface area (Å²) in [6.07, 6.45) is 0.443. The van der Waals surface area contributed by atoms with Crippen molar-refractivity contribution in [1.29, 1.82) is 0 Å². The highest BCUT2D eigenvalue weighted by Crippen LogP contribution is 2.19. The van der Waals surface area contributed by atoms with Crippen LogP contribution in [0.1, 0.15) is 16.9 Å². The number of aromatic amines is 1. The number of likely N-dealkylation sites (tertiary alicyclic amines) is 1. The van der Waals surface area contributed by atoms with Gasteiger partial charge in [-0.2, -0.15) is 0 Å². The van der Waals surface area contributed by atoms with Crippen LogP contribution in [-0.2, 0) is 4.79 Å². The summed E-state index contributed by atoms with van der Waals surface area (Å²) in [5.74, 6) is -1.75. The number of hydrogen-bond acceptors (Lipinski definition) is 3. The lowest BCUT2D eigenvalue weighted by molar-refractivity contribution is -0.141. The molecule has 0 bridgehead atoms. The van der Waals surface area contributed by atoms with E-state index in [-0.39, 0.29) is 36.1 Å². The smallest absolute Gasteiger partial charge is 0.308 e. The second kappa shape index (κ2) is 6.19. The number of carbonyl (C=O) groups is 2. The number of aromatic nitrogens is 1. The summed E-state index contributed by atoms with van der Waals surface area (Å²) in [7, 11) is 0. The Kier molecular flexibility index (Phi) is 4.51. The lowest BCUT2D eigenvalue weighted by atomic mass is 10.1. The molecule has 2 N–H and O–H groups in total. The van der Waals surface area contributed by atoms with Crippen LogP contribution in [0.4, 0.5) is 0 Å². The van der Waals surface area contributed by atoms with Gasteiger partial charge in [0, 0.05) is 18.5 Å². The maximum Gasteiger partial charge on any atom is 0.308 e. The highest BCUT2D eigenvalue weighted by atomic mass is 35.5. The number of halogens is 1. The highest BCUT2D eigenvalue weighted by molar-refractivity contribution is 5.96. The van der Waals surface area contributed by atoms with E-state index in [0.29, 0.717) is 23.7 Å². The van der Waals surface area contributed by atoms with E-state index in [0.717, 1.165) is 0 Å². The lowest BCUT2D eigenvalue weighted by Crippen LogP contribution is -2.31. The zero-order valence-corrected chi connectivity index (χ0v) is 12.4. The number of rotatable bonds is 2. The molecule has 6 nitrogen and oxygen atoms in total. The van der Waals surface area contributed by atoms with Crippen molar-refractivity contribution < 1.29 is 14.7 Å². The zero-order valence-electron chi connectivity index (χ0n) is 11.6. The first-order valence-electron chi connectivity index (χ1n) is 6.70. The van der Waals surface area contributed by atoms with E-state index in [2.05, 4.69) is 4.98 Å². The van der Waals surface area contributed by atoms with Gasteiger partial charge in [0.2, 0.25) is 0 Å². The normalized spacial score (nSPS) is 17.3. The first kappa shape index (κ1) is 16.0. The fourth-order valence-corrected chi connectivity index (χ4v) is 2.64. The van der Waals surface area contributed by atoms with Crippen LogP contribution in [-0.4, -0.2) is 40.0 Å². The Hall–Kier alpha value is -2.34. The van der Waals surface area contributed by atoms with Crippen molar-refractivity contribution in [3.63, 3.8) is 0 Å². The SMILES string of the molecule is Cl.O=C(O)C1CCN(C(=O)c2cc3ccccc3c(=O)[nH]2)C1. The fourth-order valence-electron chi connectivity index (χ4n) is 2.64. The van der Waals surface area contributed by atoms with Crippen molar-refractivity contribution in [1.82, 2.24) is 9.88 Å². The van der Waals surface area contributed by atoms with E-state index < -0.39 is 11.9 Å². The molecule has 0 aliphatic carbocycles. The average Bonchev–Trinajstić information content (AvgIpc) is 2.96. The number of carbonyl (C=O) groups excluding carboxylic acids is 1. The molecule has 0 radical (unpaired) electrons. The largest absolute Gasteiger partial charge is 0.481 e. The van der Waals surface area contributed by atoms with Gasteiger partial charge in [0.05, 0.1) is 5.92 Å². The summed E-state index contributed by atoms with van der Waals surface area (Å²) in [6, 6.07) is 8.65. The number of pyridine rings is 1. The van der Waals surface area contributed by atoms with Gasteiger partial charge >= 0.3 is 5.97 Å². The average molecular weight is 323 g/mol. The summed E-state index contributed by atoms with van der Waals surface area (Å²) < 4.78 is 0. The summed E-state index contributed by atoms with van der Waals surface area (Å²) in [4.78, 5) is 39.3. The molecular weight excluding hydrogens is 308 g/mol. The van der Waals surface area contributed by atoms with E-state index in [4.69, 9.17) is 5.11 Å². The minimum absolute atomic E-state index is 0. The summed E-state index contributed by atoms with van der Waals surface area (Å²) in [5.41, 5.74) is -0.116. The maximum atomic E-state index is 12.4. The molecule has 3 rings (SSSR count). The van der Waals surface area contributed by atoms with Crippen LogP contribution in [0.15, 0.2) is 35.1 Å². The molecule has 1 amide bonds. The third kappa shape index (κ3) is 2.82. The number of carboxylic acid groups (broad SMARTS) is 1. The van der Waals surface area contributed by atoms with Gasteiger partial charge in [-0.3, -0.25) is 14.4 Å². The van der Waals surface area contributed by atoms with Crippen LogP contribution < -0.4 is 5.56 Å². The van der Waals surface area contributed by atoms with Gasteiger partial charge < -0.3 is 15.0 Å². The fraction of sp³-hybridized carbons (Fsp3) is 0.267.